The highest BCUT2D eigenvalue weighted by Gasteiger charge is 1.97. The highest BCUT2D eigenvalue weighted by Crippen LogP contribution is 2.10. The van der Waals surface area contributed by atoms with Gasteiger partial charge in [0.2, 0.25) is 0 Å². The van der Waals surface area contributed by atoms with E-state index < -0.39 is 10.1 Å². The van der Waals surface area contributed by atoms with Gasteiger partial charge >= 0.3 is 0 Å². The first kappa shape index (κ1) is 16.4. The molecule has 100 valence electrons. The third-order valence-corrected chi connectivity index (χ3v) is 2.89. The maximum atomic E-state index is 10.6. The zero-order valence-electron chi connectivity index (χ0n) is 11.1. The van der Waals surface area contributed by atoms with Crippen molar-refractivity contribution in [2.45, 2.75) is 39.5 Å². The summed E-state index contributed by atoms with van der Waals surface area (Å²) in [5.41, 5.74) is 0. The minimum absolute atomic E-state index is 0.105. The van der Waals surface area contributed by atoms with Crippen LogP contribution in [0.4, 0.5) is 0 Å². The lowest BCUT2D eigenvalue weighted by molar-refractivity contribution is 0.361. The molecule has 0 saturated carbocycles. The van der Waals surface area contributed by atoms with Gasteiger partial charge in [-0.25, -0.2) is 0 Å². The van der Waals surface area contributed by atoms with Gasteiger partial charge in [-0.2, -0.15) is 8.42 Å². The third kappa shape index (κ3) is 13.3. The van der Waals surface area contributed by atoms with Crippen LogP contribution in [0.2, 0.25) is 0 Å². The Labute approximate surface area is 106 Å². The van der Waals surface area contributed by atoms with Crippen molar-refractivity contribution in [3.05, 3.63) is 24.3 Å². The van der Waals surface area contributed by atoms with Crippen molar-refractivity contribution in [3.8, 4) is 0 Å². The van der Waals surface area contributed by atoms with E-state index in [1.54, 1.807) is 6.08 Å². The first-order valence-electron chi connectivity index (χ1n) is 6.13. The van der Waals surface area contributed by atoms with Gasteiger partial charge in [0, 0.05) is 0 Å². The summed E-state index contributed by atoms with van der Waals surface area (Å²) < 4.78 is 25.9. The lowest BCUT2D eigenvalue weighted by atomic mass is 10.0. The first-order chi connectivity index (χ1) is 7.95. The van der Waals surface area contributed by atoms with Gasteiger partial charge in [0.05, 0.1) is 12.9 Å². The Morgan fingerprint density at radius 3 is 2.53 bits per heavy atom. The Morgan fingerprint density at radius 1 is 1.24 bits per heavy atom. The van der Waals surface area contributed by atoms with Crippen LogP contribution in [0.25, 0.3) is 0 Å². The van der Waals surface area contributed by atoms with Crippen molar-refractivity contribution in [1.82, 2.24) is 0 Å². The second-order valence-corrected chi connectivity index (χ2v) is 5.92. The van der Waals surface area contributed by atoms with Crippen LogP contribution in [0.1, 0.15) is 39.5 Å². The predicted octanol–water partition coefficient (Wildman–Crippen LogP) is 3.29. The number of hydrogen-bond acceptors (Lipinski definition) is 3. The number of unbranched alkanes of at least 4 members (excludes halogenated alkanes) is 2. The topological polar surface area (TPSA) is 43.4 Å². The highest BCUT2D eigenvalue weighted by molar-refractivity contribution is 7.85. The molecular formula is C13H24O3S. The molecule has 0 N–H and O–H groups in total. The summed E-state index contributed by atoms with van der Waals surface area (Å²) in [5.74, 6) is 0.571. The van der Waals surface area contributed by atoms with E-state index in [9.17, 15) is 8.42 Å². The molecular weight excluding hydrogens is 236 g/mol. The summed E-state index contributed by atoms with van der Waals surface area (Å²) in [6, 6.07) is 0. The summed E-state index contributed by atoms with van der Waals surface area (Å²) in [6.07, 6.45) is 13.6. The highest BCUT2D eigenvalue weighted by atomic mass is 32.2. The van der Waals surface area contributed by atoms with Gasteiger partial charge in [0.25, 0.3) is 10.1 Å². The fraction of sp³-hybridized carbons (Fsp3) is 0.692. The van der Waals surface area contributed by atoms with Gasteiger partial charge in [-0.1, -0.05) is 57.4 Å². The summed E-state index contributed by atoms with van der Waals surface area (Å²) in [4.78, 5) is 0. The Balaban J connectivity index is 3.67. The zero-order valence-corrected chi connectivity index (χ0v) is 11.9. The van der Waals surface area contributed by atoms with E-state index in [0.29, 0.717) is 5.92 Å². The molecule has 0 aromatic heterocycles. The van der Waals surface area contributed by atoms with Gasteiger partial charge in [-0.15, -0.1) is 0 Å². The fourth-order valence-electron chi connectivity index (χ4n) is 1.36. The molecule has 0 saturated heterocycles. The van der Waals surface area contributed by atoms with Gasteiger partial charge in [-0.3, -0.25) is 4.18 Å². The molecule has 0 aromatic carbocycles. The molecule has 1 atom stereocenters. The summed E-state index contributed by atoms with van der Waals surface area (Å²) in [7, 11) is -3.32. The van der Waals surface area contributed by atoms with E-state index in [0.717, 1.165) is 6.26 Å². The molecule has 0 aliphatic rings. The van der Waals surface area contributed by atoms with Crippen LogP contribution in [0.15, 0.2) is 24.3 Å². The SMILES string of the molecule is CCCCC[C@H](C)/C=C/C=C\COS(C)(=O)=O. The number of allylic oxidation sites excluding steroid dienone is 3. The lowest BCUT2D eigenvalue weighted by Crippen LogP contribution is -2.01. The molecule has 0 bridgehead atoms. The maximum Gasteiger partial charge on any atom is 0.264 e. The largest absolute Gasteiger partial charge is 0.266 e. The standard InChI is InChI=1S/C13H24O3S/c1-4-5-7-10-13(2)11-8-6-9-12-16-17(3,14)15/h6,8-9,11,13H,4-5,7,10,12H2,1-3H3/b9-6-,11-8+/t13-/m0/s1. The van der Waals surface area contributed by atoms with Crippen molar-refractivity contribution in [3.63, 3.8) is 0 Å². The van der Waals surface area contributed by atoms with Crippen LogP contribution < -0.4 is 0 Å². The molecule has 0 spiro atoms. The maximum absolute atomic E-state index is 10.6. The summed E-state index contributed by atoms with van der Waals surface area (Å²) >= 11 is 0. The van der Waals surface area contributed by atoms with Gasteiger partial charge in [0.15, 0.2) is 0 Å². The average Bonchev–Trinajstić information content (AvgIpc) is 2.22. The molecule has 0 aliphatic heterocycles. The minimum Gasteiger partial charge on any atom is -0.266 e. The molecule has 0 heterocycles. The second kappa shape index (κ2) is 9.42. The Bertz CT molecular complexity index is 329. The molecule has 0 radical (unpaired) electrons. The van der Waals surface area contributed by atoms with Gasteiger partial charge in [-0.05, 0) is 12.3 Å². The van der Waals surface area contributed by atoms with E-state index in [1.165, 1.54) is 25.7 Å². The number of hydrogen-bond donors (Lipinski definition) is 0. The average molecular weight is 260 g/mol. The molecule has 0 aliphatic carbocycles. The lowest BCUT2D eigenvalue weighted by Gasteiger charge is -2.03. The normalized spacial score (nSPS) is 14.8. The van der Waals surface area contributed by atoms with Crippen LogP contribution >= 0.6 is 0 Å². The van der Waals surface area contributed by atoms with Crippen LogP contribution in [-0.4, -0.2) is 21.3 Å². The Hall–Kier alpha value is -0.610. The third-order valence-electron chi connectivity index (χ3n) is 2.33. The van der Waals surface area contributed by atoms with E-state index in [2.05, 4.69) is 24.1 Å². The van der Waals surface area contributed by atoms with Crippen LogP contribution in [-0.2, 0) is 14.3 Å². The predicted molar refractivity (Wildman–Crippen MR) is 72.4 cm³/mol. The van der Waals surface area contributed by atoms with E-state index in [4.69, 9.17) is 0 Å². The summed E-state index contributed by atoms with van der Waals surface area (Å²) in [5, 5.41) is 0. The van der Waals surface area contributed by atoms with E-state index >= 15 is 0 Å². The Kier molecular flexibility index (Phi) is 9.09. The van der Waals surface area contributed by atoms with Gasteiger partial charge in [0.1, 0.15) is 0 Å². The zero-order chi connectivity index (χ0) is 13.1. The fourth-order valence-corrected chi connectivity index (χ4v) is 1.69. The quantitative estimate of drug-likeness (QED) is 0.363. The van der Waals surface area contributed by atoms with E-state index in [-0.39, 0.29) is 6.61 Å². The first-order valence-corrected chi connectivity index (χ1v) is 7.95. The van der Waals surface area contributed by atoms with Crippen LogP contribution in [0, 0.1) is 5.92 Å². The van der Waals surface area contributed by atoms with Crippen molar-refractivity contribution >= 4 is 10.1 Å². The van der Waals surface area contributed by atoms with Gasteiger partial charge < -0.3 is 0 Å². The molecule has 4 heteroatoms. The summed E-state index contributed by atoms with van der Waals surface area (Å²) in [6.45, 7) is 4.49. The molecule has 0 unspecified atom stereocenters. The Morgan fingerprint density at radius 2 is 1.94 bits per heavy atom. The van der Waals surface area contributed by atoms with Crippen molar-refractivity contribution in [2.24, 2.45) is 5.92 Å². The second-order valence-electron chi connectivity index (χ2n) is 4.27. The molecule has 0 amide bonds. The smallest absolute Gasteiger partial charge is 0.264 e. The van der Waals surface area contributed by atoms with Crippen molar-refractivity contribution < 1.29 is 12.6 Å². The number of rotatable bonds is 9. The molecule has 3 nitrogen and oxygen atoms in total. The van der Waals surface area contributed by atoms with Crippen molar-refractivity contribution in [1.29, 1.82) is 0 Å². The molecule has 0 rings (SSSR count). The van der Waals surface area contributed by atoms with Crippen LogP contribution in [0.5, 0.6) is 0 Å². The molecule has 0 fully saturated rings. The van der Waals surface area contributed by atoms with Crippen molar-refractivity contribution in [2.75, 3.05) is 12.9 Å². The molecule has 17 heavy (non-hydrogen) atoms. The van der Waals surface area contributed by atoms with E-state index in [1.807, 2.05) is 12.2 Å². The minimum atomic E-state index is -3.32. The van der Waals surface area contributed by atoms with Crippen LogP contribution in [0.3, 0.4) is 0 Å². The monoisotopic (exact) mass is 260 g/mol. The molecule has 0 aromatic rings.